The molecule has 6 rings (SSSR count). The van der Waals surface area contributed by atoms with Crippen molar-refractivity contribution in [3.05, 3.63) is 95.6 Å². The largest absolute Gasteiger partial charge is 0.380 e. The Morgan fingerprint density at radius 1 is 0.284 bits per heavy atom. The summed E-state index contributed by atoms with van der Waals surface area (Å²) in [6.07, 6.45) is 10.3. The third-order valence-electron chi connectivity index (χ3n) is 15.7. The lowest BCUT2D eigenvalue weighted by Gasteiger charge is -2.36. The Morgan fingerprint density at radius 2 is 0.453 bits per heavy atom. The van der Waals surface area contributed by atoms with Crippen LogP contribution in [0.4, 0.5) is 0 Å². The molecule has 0 aromatic carbocycles. The third-order valence-corrected chi connectivity index (χ3v) is 15.7. The molecule has 0 saturated carbocycles. The second-order valence-electron chi connectivity index (χ2n) is 31.3. The molecule has 0 fully saturated rings. The molecule has 0 amide bonds. The fourth-order valence-corrected chi connectivity index (χ4v) is 8.51. The van der Waals surface area contributed by atoms with Crippen molar-refractivity contribution in [2.75, 3.05) is 52.9 Å². The fraction of sp³-hybridized carbons (Fsp3) is 0.697. The van der Waals surface area contributed by atoms with E-state index >= 15 is 0 Å². The van der Waals surface area contributed by atoms with Crippen molar-refractivity contribution in [2.24, 2.45) is 43.3 Å². The maximum Gasteiger partial charge on any atom is 0.159 e. The van der Waals surface area contributed by atoms with Gasteiger partial charge in [-0.25, -0.2) is 28.1 Å². The van der Waals surface area contributed by atoms with E-state index in [1.807, 2.05) is 95.5 Å². The highest BCUT2D eigenvalue weighted by atomic mass is 16.5. The quantitative estimate of drug-likeness (QED) is 0.0336. The van der Waals surface area contributed by atoms with Crippen LogP contribution in [-0.4, -0.2) is 166 Å². The third kappa shape index (κ3) is 25.3. The molecule has 0 aliphatic rings. The first-order chi connectivity index (χ1) is 44.2. The number of ether oxygens (including phenoxy) is 7. The van der Waals surface area contributed by atoms with E-state index in [4.69, 9.17) is 33.2 Å². The number of nitrogens with zero attached hydrogens (tertiary/aromatic N) is 18. The van der Waals surface area contributed by atoms with Gasteiger partial charge in [0.15, 0.2) is 23.1 Å². The molecule has 6 aromatic heterocycles. The molecule has 6 aromatic rings. The Bertz CT molecular complexity index is 2900. The van der Waals surface area contributed by atoms with Crippen LogP contribution in [0.3, 0.4) is 0 Å². The van der Waals surface area contributed by atoms with Gasteiger partial charge in [-0.15, -0.1) is 30.6 Å². The first kappa shape index (κ1) is 76.7. The average Bonchev–Trinajstić information content (AvgIpc) is 1.13. The first-order valence-electron chi connectivity index (χ1n) is 32.1. The van der Waals surface area contributed by atoms with E-state index in [-0.39, 0.29) is 153 Å². The predicted octanol–water partition coefficient (Wildman–Crippen LogP) is 7.49. The molecule has 0 unspecified atom stereocenters. The molecule has 29 heteroatoms. The highest BCUT2D eigenvalue weighted by Gasteiger charge is 2.38. The number of carbonyl (C=O) groups excluding carboxylic acids is 4. The Hall–Kier alpha value is -7.28. The minimum absolute atomic E-state index is 0.00799. The van der Waals surface area contributed by atoms with Crippen LogP contribution in [0.5, 0.6) is 0 Å². The van der Waals surface area contributed by atoms with Crippen LogP contribution in [0.2, 0.25) is 0 Å². The van der Waals surface area contributed by atoms with Gasteiger partial charge in [-0.3, -0.25) is 19.2 Å². The minimum atomic E-state index is -1.12. The first-order valence-corrected chi connectivity index (χ1v) is 32.1. The molecule has 0 spiro atoms. The highest BCUT2D eigenvalue weighted by molar-refractivity contribution is 5.84. The molecule has 6 heterocycles. The number of Topliss-reactive ketones (excluding diaryl/α,β-unsaturated/α-hetero) is 4. The molecular formula is C66H104N18O11. The van der Waals surface area contributed by atoms with Gasteiger partial charge in [0.2, 0.25) is 0 Å². The van der Waals surface area contributed by atoms with Crippen molar-refractivity contribution in [3.8, 4) is 0 Å². The standard InChI is InChI=1S/C66H104N18O11/c1-47(59(3,4)5)21-79-23-49(67-73-79)33-89-39-65(41-91-35-51-25-81(75-69-51)29-55(85)61(9,10)11,42-92-36-52-26-82(76-70-52)30-56(86)62(12,13)14)45-95-46-66(40-90-34-50-24-80(74-68-50)22-48(2)60(6,7)8,43-93-37-53-27-83(77-71-53)31-57(87)63(15,16)17)44-94-38-54-28-84(78-72-54)32-58(88)64(18,19)20/h23-28H,1-2,21-22,29-46H2,3-20H3. The topological polar surface area (TPSA) is 317 Å². The van der Waals surface area contributed by atoms with E-state index < -0.39 is 32.5 Å². The van der Waals surface area contributed by atoms with Crippen LogP contribution in [0.1, 0.15) is 159 Å². The van der Waals surface area contributed by atoms with E-state index in [0.717, 1.165) is 11.1 Å². The Kier molecular flexibility index (Phi) is 26.4. The van der Waals surface area contributed by atoms with Crippen LogP contribution in [0.15, 0.2) is 61.5 Å². The molecule has 29 nitrogen and oxygen atoms in total. The molecule has 0 bridgehead atoms. The van der Waals surface area contributed by atoms with Crippen LogP contribution >= 0.6 is 0 Å². The van der Waals surface area contributed by atoms with Gasteiger partial charge in [-0.05, 0) is 10.8 Å². The lowest BCUT2D eigenvalue weighted by Crippen LogP contribution is -2.45. The van der Waals surface area contributed by atoms with Crippen molar-refractivity contribution < 1.29 is 52.3 Å². The van der Waals surface area contributed by atoms with Crippen molar-refractivity contribution in [2.45, 2.75) is 204 Å². The Morgan fingerprint density at radius 3 is 0.621 bits per heavy atom. The van der Waals surface area contributed by atoms with E-state index in [0.29, 0.717) is 47.3 Å². The minimum Gasteiger partial charge on any atom is -0.380 e. The molecule has 0 atom stereocenters. The van der Waals surface area contributed by atoms with E-state index in [1.54, 1.807) is 34.2 Å². The van der Waals surface area contributed by atoms with Crippen LogP contribution in [-0.2, 0) is 131 Å². The van der Waals surface area contributed by atoms with Gasteiger partial charge < -0.3 is 33.2 Å². The summed E-state index contributed by atoms with van der Waals surface area (Å²) in [5, 5.41) is 51.9. The summed E-state index contributed by atoms with van der Waals surface area (Å²) in [5.41, 5.74) is 0.0637. The molecular weight excluding hydrogens is 1220 g/mol. The van der Waals surface area contributed by atoms with Crippen molar-refractivity contribution in [3.63, 3.8) is 0 Å². The second-order valence-corrected chi connectivity index (χ2v) is 31.3. The van der Waals surface area contributed by atoms with Gasteiger partial charge in [0.05, 0.1) is 154 Å². The summed E-state index contributed by atoms with van der Waals surface area (Å²) < 4.78 is 56.0. The van der Waals surface area contributed by atoms with Gasteiger partial charge >= 0.3 is 0 Å². The van der Waals surface area contributed by atoms with E-state index in [1.165, 1.54) is 18.7 Å². The van der Waals surface area contributed by atoms with Gasteiger partial charge in [0.1, 0.15) is 60.3 Å². The number of hydrogen-bond donors (Lipinski definition) is 0. The normalized spacial score (nSPS) is 13.1. The van der Waals surface area contributed by atoms with Gasteiger partial charge in [-0.1, -0.05) is 180 Å². The molecule has 524 valence electrons. The zero-order chi connectivity index (χ0) is 70.2. The lowest BCUT2D eigenvalue weighted by molar-refractivity contribution is -0.150. The number of carbonyl (C=O) groups is 4. The van der Waals surface area contributed by atoms with Crippen molar-refractivity contribution in [1.82, 2.24) is 90.0 Å². The van der Waals surface area contributed by atoms with Crippen LogP contribution in [0, 0.1) is 43.3 Å². The van der Waals surface area contributed by atoms with Gasteiger partial charge in [0.25, 0.3) is 0 Å². The number of aromatic nitrogens is 18. The van der Waals surface area contributed by atoms with Crippen molar-refractivity contribution >= 4 is 23.1 Å². The summed E-state index contributed by atoms with van der Waals surface area (Å²) in [5.74, 6) is -0.0638. The zero-order valence-electron chi connectivity index (χ0n) is 59.6. The van der Waals surface area contributed by atoms with Gasteiger partial charge in [0, 0.05) is 21.7 Å². The molecule has 95 heavy (non-hydrogen) atoms. The average molecular weight is 1330 g/mol. The SMILES string of the molecule is C=C(Cn1cc(COCC(COCc2cn(CC(=O)C(C)(C)C)nn2)(COCc2cn(CC(=O)C(C)(C)C)nn2)COCC(COCc2cn(CC(=C)C(C)(C)C)nn2)(COCc2cn(CC(=O)C(C)(C)C)nn2)COCc2cn(CC(=O)C(C)(C)C)nn2)nn1)C(C)(C)C. The summed E-state index contributed by atoms with van der Waals surface area (Å²) in [7, 11) is 0. The number of ketones is 4. The summed E-state index contributed by atoms with van der Waals surface area (Å²) in [6, 6.07) is 0. The zero-order valence-corrected chi connectivity index (χ0v) is 59.6. The Balaban J connectivity index is 1.36. The molecule has 0 saturated heterocycles. The van der Waals surface area contributed by atoms with Gasteiger partial charge in [-0.2, -0.15) is 0 Å². The molecule has 0 radical (unpaired) electrons. The predicted molar refractivity (Wildman–Crippen MR) is 349 cm³/mol. The van der Waals surface area contributed by atoms with E-state index in [2.05, 4.69) is 117 Å². The summed E-state index contributed by atoms with van der Waals surface area (Å²) in [6.45, 7) is 44.2. The summed E-state index contributed by atoms with van der Waals surface area (Å²) in [4.78, 5) is 52.1. The number of allylic oxidation sites excluding steroid dienone is 2. The summed E-state index contributed by atoms with van der Waals surface area (Å²) >= 11 is 0. The van der Waals surface area contributed by atoms with Crippen molar-refractivity contribution in [1.29, 1.82) is 0 Å². The fourth-order valence-electron chi connectivity index (χ4n) is 8.51. The smallest absolute Gasteiger partial charge is 0.159 e. The lowest BCUT2D eigenvalue weighted by atomic mass is 9.88. The Labute approximate surface area is 558 Å². The highest BCUT2D eigenvalue weighted by Crippen LogP contribution is 2.30. The van der Waals surface area contributed by atoms with Crippen LogP contribution in [0.25, 0.3) is 0 Å². The maximum atomic E-state index is 13.0. The second kappa shape index (κ2) is 32.6. The molecule has 0 aliphatic heterocycles. The molecule has 0 aliphatic carbocycles. The molecule has 0 N–H and O–H groups in total. The van der Waals surface area contributed by atoms with E-state index in [9.17, 15) is 19.2 Å². The number of hydrogen-bond acceptors (Lipinski definition) is 23. The monoisotopic (exact) mass is 1320 g/mol. The maximum absolute atomic E-state index is 13.0. The number of rotatable bonds is 40. The van der Waals surface area contributed by atoms with Crippen LogP contribution < -0.4 is 0 Å².